The lowest BCUT2D eigenvalue weighted by atomic mass is 10.0. The molecule has 0 aromatic heterocycles. The van der Waals surface area contributed by atoms with Crippen molar-refractivity contribution in [1.29, 1.82) is 0.594 Å². The van der Waals surface area contributed by atoms with E-state index < -0.39 is 0 Å². The van der Waals surface area contributed by atoms with Gasteiger partial charge in [-0.2, -0.15) is 0 Å². The fourth-order valence-electron chi connectivity index (χ4n) is 1.75. The van der Waals surface area contributed by atoms with Crippen molar-refractivity contribution >= 4 is 23.8 Å². The van der Waals surface area contributed by atoms with Gasteiger partial charge in [0.15, 0.2) is 0 Å². The molecule has 0 heterocycles. The van der Waals surface area contributed by atoms with E-state index in [1.165, 1.54) is 57.2 Å². The van der Waals surface area contributed by atoms with Gasteiger partial charge in [-0.05, 0) is 74.9 Å². The maximum Gasteiger partial charge on any atom is 0.107 e. The molecule has 0 amide bonds. The van der Waals surface area contributed by atoms with Crippen molar-refractivity contribution in [1.82, 2.24) is 0 Å². The standard InChI is InChI=1S/C10H14.C8H10.HI/c1-7-5-6-8(2)10(4)9(7)3;1-7-5-3-4-6-8(7)2;/h5-6H,1-4H3;3-6H,1-2H3;1H/i/hD. The van der Waals surface area contributed by atoms with Crippen LogP contribution in [0.3, 0.4) is 0 Å². The Morgan fingerprint density at radius 1 is 0.579 bits per heavy atom. The first-order valence-electron chi connectivity index (χ1n) is 6.87. The molecule has 19 heavy (non-hydrogen) atoms. The lowest BCUT2D eigenvalue weighted by Crippen LogP contribution is -1.88. The molecule has 0 radical (unpaired) electrons. The number of benzene rings is 2. The van der Waals surface area contributed by atoms with E-state index in [1.54, 1.807) is 0 Å². The molecule has 0 fully saturated rings. The minimum atomic E-state index is 1.37. The van der Waals surface area contributed by atoms with Gasteiger partial charge in [-0.15, -0.1) is 23.8 Å². The largest absolute Gasteiger partial charge is 0.107 e. The Morgan fingerprint density at radius 3 is 1.16 bits per heavy atom. The zero-order valence-electron chi connectivity index (χ0n) is 13.8. The molecule has 0 aliphatic rings. The van der Waals surface area contributed by atoms with Crippen molar-refractivity contribution in [2.24, 2.45) is 0 Å². The van der Waals surface area contributed by atoms with Crippen molar-refractivity contribution in [2.75, 3.05) is 0 Å². The molecule has 0 atom stereocenters. The van der Waals surface area contributed by atoms with E-state index in [2.05, 4.69) is 77.9 Å². The second-order valence-electron chi connectivity index (χ2n) is 5.03. The Hall–Kier alpha value is -0.830. The second kappa shape index (κ2) is 8.36. The molecule has 2 aromatic rings. The molecule has 0 saturated carbocycles. The highest BCUT2D eigenvalue weighted by molar-refractivity contribution is 14.0. The van der Waals surface area contributed by atoms with Crippen molar-refractivity contribution in [2.45, 2.75) is 41.5 Å². The van der Waals surface area contributed by atoms with Gasteiger partial charge in [0, 0.05) is 0 Å². The monoisotopic (exact) mass is 369 g/mol. The van der Waals surface area contributed by atoms with Crippen molar-refractivity contribution in [3.63, 3.8) is 0 Å². The number of rotatable bonds is 0. The number of aryl methyl sites for hydroxylation is 4. The zero-order valence-corrected chi connectivity index (χ0v) is 15.0. The summed E-state index contributed by atoms with van der Waals surface area (Å²) in [5.74, 6) is 0. The summed E-state index contributed by atoms with van der Waals surface area (Å²) in [6, 6.07) is 12.7. The molecule has 0 nitrogen and oxygen atoms in total. The summed E-state index contributed by atoms with van der Waals surface area (Å²) in [6.07, 6.45) is 0. The lowest BCUT2D eigenvalue weighted by Gasteiger charge is -2.06. The van der Waals surface area contributed by atoms with Crippen LogP contribution in [0.25, 0.3) is 0 Å². The maximum atomic E-state index is 5.72. The van der Waals surface area contributed by atoms with Crippen LogP contribution in [-0.2, 0) is 0 Å². The van der Waals surface area contributed by atoms with Gasteiger partial charge in [-0.25, -0.2) is 0 Å². The van der Waals surface area contributed by atoms with Crippen LogP contribution in [0.2, 0.25) is 0 Å². The summed E-state index contributed by atoms with van der Waals surface area (Å²) in [7, 11) is 0. The smallest absolute Gasteiger partial charge is 0.107 e. The first-order valence-corrected chi connectivity index (χ1v) is 6.49. The summed E-state index contributed by atoms with van der Waals surface area (Å²) < 4.78 is 5.72. The van der Waals surface area contributed by atoms with Crippen LogP contribution in [0.5, 0.6) is 0 Å². The molecule has 0 aliphatic heterocycles. The third-order valence-corrected chi connectivity index (χ3v) is 3.75. The van der Waals surface area contributed by atoms with Crippen LogP contribution in [0, 0.1) is 41.5 Å². The Morgan fingerprint density at radius 2 is 0.895 bits per heavy atom. The molecule has 0 saturated heterocycles. The van der Waals surface area contributed by atoms with E-state index in [4.69, 9.17) is 0.594 Å². The van der Waals surface area contributed by atoms with Gasteiger partial charge in [0.05, 0.1) is 0 Å². The van der Waals surface area contributed by atoms with Crippen LogP contribution in [0.1, 0.15) is 33.4 Å². The van der Waals surface area contributed by atoms with E-state index in [-0.39, 0.29) is 0 Å². The van der Waals surface area contributed by atoms with E-state index in [0.717, 1.165) is 0 Å². The summed E-state index contributed by atoms with van der Waals surface area (Å²) in [6.45, 7) is 12.9. The van der Waals surface area contributed by atoms with Crippen LogP contribution in [0.15, 0.2) is 36.4 Å². The molecule has 2 aromatic carbocycles. The van der Waals surface area contributed by atoms with Gasteiger partial charge in [-0.3, -0.25) is 0 Å². The SMILES string of the molecule is Cc1ccc(C)c(C)c1C.Cc1ccccc1C.[2H]I. The quantitative estimate of drug-likeness (QED) is 0.512. The fourth-order valence-corrected chi connectivity index (χ4v) is 1.75. The summed E-state index contributed by atoms with van der Waals surface area (Å²) in [5.41, 5.74) is 8.38. The van der Waals surface area contributed by atoms with E-state index in [9.17, 15) is 0 Å². The topological polar surface area (TPSA) is 0 Å². The minimum Gasteiger partial charge on any atom is -0.107 e. The lowest BCUT2D eigenvalue weighted by molar-refractivity contribution is 1.22. The van der Waals surface area contributed by atoms with Crippen molar-refractivity contribution < 1.29 is 0 Å². The van der Waals surface area contributed by atoms with E-state index >= 15 is 0 Å². The van der Waals surface area contributed by atoms with Crippen LogP contribution >= 0.6 is 23.8 Å². The van der Waals surface area contributed by atoms with Crippen LogP contribution in [0.4, 0.5) is 0 Å². The minimum absolute atomic E-state index is 1.37. The Balaban J connectivity index is 0.000000327. The Labute approximate surface area is 135 Å². The van der Waals surface area contributed by atoms with Crippen LogP contribution in [-0.4, -0.2) is 0.594 Å². The van der Waals surface area contributed by atoms with Crippen LogP contribution < -0.4 is 0 Å². The predicted octanol–water partition coefficient (Wildman–Crippen LogP) is 5.84. The molecule has 0 spiro atoms. The zero-order chi connectivity index (χ0) is 15.7. The van der Waals surface area contributed by atoms with Gasteiger partial charge in [-0.1, -0.05) is 36.4 Å². The van der Waals surface area contributed by atoms with Gasteiger partial charge >= 0.3 is 0 Å². The first-order chi connectivity index (χ1) is 9.43. The molecule has 0 unspecified atom stereocenters. The average molecular weight is 369 g/mol. The molecular weight excluding hydrogens is 343 g/mol. The third-order valence-electron chi connectivity index (χ3n) is 3.75. The van der Waals surface area contributed by atoms with E-state index in [0.29, 0.717) is 0 Å². The molecule has 0 bridgehead atoms. The Kier molecular flexibility index (Phi) is 7.14. The summed E-state index contributed by atoms with van der Waals surface area (Å²) in [5, 5.41) is 0. The normalized spacial score (nSPS) is 9.53. The summed E-state index contributed by atoms with van der Waals surface area (Å²) >= 11 is 1.40. The fraction of sp³-hybridized carbons (Fsp3) is 0.333. The highest BCUT2D eigenvalue weighted by Crippen LogP contribution is 2.15. The molecule has 0 N–H and O–H groups in total. The second-order valence-corrected chi connectivity index (χ2v) is 5.03. The number of hydrogen-bond donors (Lipinski definition) is 0. The average Bonchev–Trinajstić information content (AvgIpc) is 2.47. The highest BCUT2D eigenvalue weighted by Gasteiger charge is 1.97. The first kappa shape index (κ1) is 16.2. The Bertz CT molecular complexity index is 485. The third kappa shape index (κ3) is 5.35. The van der Waals surface area contributed by atoms with Gasteiger partial charge < -0.3 is 0 Å². The van der Waals surface area contributed by atoms with Crippen molar-refractivity contribution in [3.05, 3.63) is 69.8 Å². The molecular formula is C18H25I. The van der Waals surface area contributed by atoms with E-state index in [1.807, 2.05) is 0 Å². The molecule has 104 valence electrons. The van der Waals surface area contributed by atoms with Gasteiger partial charge in [0.2, 0.25) is 0 Å². The number of hydrogen-bond acceptors (Lipinski definition) is 0. The van der Waals surface area contributed by atoms with Gasteiger partial charge in [0.25, 0.3) is 0 Å². The number of halogens is 1. The summed E-state index contributed by atoms with van der Waals surface area (Å²) in [4.78, 5) is 0. The molecule has 1 heteroatoms. The molecule has 2 rings (SSSR count). The highest BCUT2D eigenvalue weighted by atomic mass is 127. The predicted molar refractivity (Wildman–Crippen MR) is 96.7 cm³/mol. The maximum absolute atomic E-state index is 5.72. The van der Waals surface area contributed by atoms with Gasteiger partial charge in [0.1, 0.15) is 0.594 Å². The molecule has 0 aliphatic carbocycles. The van der Waals surface area contributed by atoms with Crippen molar-refractivity contribution in [3.8, 4) is 0 Å².